The van der Waals surface area contributed by atoms with E-state index < -0.39 is 0 Å². The minimum absolute atomic E-state index is 0.508. The second kappa shape index (κ2) is 2.20. The normalized spacial score (nSPS) is 10.6. The summed E-state index contributed by atoms with van der Waals surface area (Å²) in [6.45, 7) is 0. The lowest BCUT2D eigenvalue weighted by atomic mass is 10.3. The molecule has 2 N–H and O–H groups in total. The molecule has 56 valence electrons. The summed E-state index contributed by atoms with van der Waals surface area (Å²) in [6, 6.07) is 1.84. The molecule has 0 amide bonds. The highest BCUT2D eigenvalue weighted by atomic mass is 79.9. The maximum atomic E-state index is 5.58. The Morgan fingerprint density at radius 3 is 3.09 bits per heavy atom. The van der Waals surface area contributed by atoms with E-state index in [1.54, 1.807) is 16.1 Å². The Bertz CT molecular complexity index is 394. The number of pyridine rings is 1. The Morgan fingerprint density at radius 1 is 1.55 bits per heavy atom. The van der Waals surface area contributed by atoms with Crippen molar-refractivity contribution in [3.63, 3.8) is 0 Å². The van der Waals surface area contributed by atoms with Gasteiger partial charge in [-0.2, -0.15) is 8.81 Å². The van der Waals surface area contributed by atoms with Crippen molar-refractivity contribution < 1.29 is 0 Å². The molecule has 5 heteroatoms. The van der Waals surface area contributed by atoms with Crippen molar-refractivity contribution in [1.82, 2.24) is 13.8 Å². The van der Waals surface area contributed by atoms with Gasteiger partial charge in [-0.25, -0.2) is 4.98 Å². The van der Waals surface area contributed by atoms with Crippen molar-refractivity contribution in [2.45, 2.75) is 0 Å². The summed E-state index contributed by atoms with van der Waals surface area (Å²) in [5.74, 6) is 0.508. The third-order valence-electron chi connectivity index (χ3n) is 1.48. The largest absolute Gasteiger partial charge is 0.383 e. The monoisotopic (exact) mass is 212 g/mol. The van der Waals surface area contributed by atoms with E-state index in [-0.39, 0.29) is 0 Å². The van der Waals surface area contributed by atoms with Crippen LogP contribution in [-0.2, 0) is 0 Å². The van der Waals surface area contributed by atoms with E-state index >= 15 is 0 Å². The molecular formula is C6H5BrN4. The summed E-state index contributed by atoms with van der Waals surface area (Å²) >= 11 is 3.22. The van der Waals surface area contributed by atoms with Gasteiger partial charge in [0.05, 0.1) is 33.2 Å². The van der Waals surface area contributed by atoms with Crippen LogP contribution in [0.4, 0.5) is 5.82 Å². The number of rotatable bonds is 0. The molecule has 0 radical (unpaired) electrons. The molecule has 0 aromatic carbocycles. The molecule has 0 bridgehead atoms. The quantitative estimate of drug-likeness (QED) is 0.714. The van der Waals surface area contributed by atoms with Crippen molar-refractivity contribution in [3.8, 4) is 0 Å². The zero-order chi connectivity index (χ0) is 7.84. The Kier molecular flexibility index (Phi) is 1.32. The number of anilines is 1. The molecule has 4 nitrogen and oxygen atoms in total. The van der Waals surface area contributed by atoms with E-state index in [1.165, 1.54) is 0 Å². The third kappa shape index (κ3) is 0.883. The fourth-order valence-electron chi connectivity index (χ4n) is 0.943. The minimum atomic E-state index is 0.508. The standard InChI is InChI=1S/C6H5BrN4/c7-11-5-1-2-9-6(8)4(5)3-10-11/h1-3H,(H2,8,9). The molecule has 0 saturated carbocycles. The van der Waals surface area contributed by atoms with Gasteiger partial charge >= 0.3 is 0 Å². The molecule has 11 heavy (non-hydrogen) atoms. The third-order valence-corrected chi connectivity index (χ3v) is 2.05. The van der Waals surface area contributed by atoms with Crippen LogP contribution in [0, 0.1) is 0 Å². The molecule has 0 saturated heterocycles. The van der Waals surface area contributed by atoms with Gasteiger partial charge in [0.15, 0.2) is 0 Å². The van der Waals surface area contributed by atoms with Crippen LogP contribution in [-0.4, -0.2) is 13.8 Å². The average molecular weight is 213 g/mol. The second-order valence-electron chi connectivity index (χ2n) is 2.13. The van der Waals surface area contributed by atoms with Gasteiger partial charge in [-0.15, -0.1) is 0 Å². The van der Waals surface area contributed by atoms with Crippen LogP contribution in [0.5, 0.6) is 0 Å². The van der Waals surface area contributed by atoms with Gasteiger partial charge in [0.25, 0.3) is 0 Å². The predicted molar refractivity (Wildman–Crippen MR) is 46.3 cm³/mol. The Hall–Kier alpha value is -1.10. The Balaban J connectivity index is 2.94. The highest BCUT2D eigenvalue weighted by Gasteiger charge is 2.02. The van der Waals surface area contributed by atoms with Gasteiger partial charge in [0.1, 0.15) is 5.82 Å². The van der Waals surface area contributed by atoms with Gasteiger partial charge in [0.2, 0.25) is 0 Å². The summed E-state index contributed by atoms with van der Waals surface area (Å²) in [5.41, 5.74) is 6.51. The van der Waals surface area contributed by atoms with E-state index in [2.05, 4.69) is 26.2 Å². The first-order chi connectivity index (χ1) is 5.29. The topological polar surface area (TPSA) is 56.7 Å². The van der Waals surface area contributed by atoms with Crippen LogP contribution >= 0.6 is 16.1 Å². The molecule has 0 aliphatic carbocycles. The van der Waals surface area contributed by atoms with Gasteiger partial charge < -0.3 is 5.73 Å². The molecule has 0 spiro atoms. The van der Waals surface area contributed by atoms with E-state index in [1.807, 2.05) is 6.07 Å². The smallest absolute Gasteiger partial charge is 0.134 e. The Labute approximate surface area is 71.4 Å². The summed E-state index contributed by atoms with van der Waals surface area (Å²) in [6.07, 6.45) is 3.32. The summed E-state index contributed by atoms with van der Waals surface area (Å²) in [4.78, 5) is 3.92. The number of halogens is 1. The molecule has 0 aliphatic rings. The molecule has 2 rings (SSSR count). The molecule has 2 aromatic rings. The molecule has 0 aliphatic heterocycles. The van der Waals surface area contributed by atoms with Gasteiger partial charge in [-0.1, -0.05) is 0 Å². The van der Waals surface area contributed by atoms with Gasteiger partial charge in [-0.05, 0) is 6.07 Å². The minimum Gasteiger partial charge on any atom is -0.383 e. The van der Waals surface area contributed by atoms with Crippen LogP contribution in [0.25, 0.3) is 10.9 Å². The van der Waals surface area contributed by atoms with Crippen molar-refractivity contribution in [2.75, 3.05) is 5.73 Å². The highest BCUT2D eigenvalue weighted by molar-refractivity contribution is 9.08. The van der Waals surface area contributed by atoms with Crippen molar-refractivity contribution in [2.24, 2.45) is 0 Å². The maximum Gasteiger partial charge on any atom is 0.134 e. The number of hydrogen-bond acceptors (Lipinski definition) is 3. The van der Waals surface area contributed by atoms with Gasteiger partial charge in [-0.3, -0.25) is 0 Å². The molecule has 0 fully saturated rings. The number of fused-ring (bicyclic) bond motifs is 1. The molecule has 2 aromatic heterocycles. The molecule has 2 heterocycles. The van der Waals surface area contributed by atoms with Crippen LogP contribution < -0.4 is 5.73 Å². The fraction of sp³-hybridized carbons (Fsp3) is 0. The average Bonchev–Trinajstić information content (AvgIpc) is 2.35. The summed E-state index contributed by atoms with van der Waals surface area (Å²) in [5, 5.41) is 4.84. The number of nitrogen functional groups attached to an aromatic ring is 1. The van der Waals surface area contributed by atoms with Crippen LogP contribution in [0.3, 0.4) is 0 Å². The number of hydrogen-bond donors (Lipinski definition) is 1. The first-order valence-electron chi connectivity index (χ1n) is 3.03. The lowest BCUT2D eigenvalue weighted by Crippen LogP contribution is -1.89. The number of aromatic nitrogens is 3. The molecule has 0 atom stereocenters. The SMILES string of the molecule is Nc1nccc2c1cnn2Br. The zero-order valence-electron chi connectivity index (χ0n) is 5.53. The Morgan fingerprint density at radius 2 is 2.36 bits per heavy atom. The van der Waals surface area contributed by atoms with E-state index in [4.69, 9.17) is 5.73 Å². The number of nitrogens with two attached hydrogens (primary N) is 1. The van der Waals surface area contributed by atoms with Gasteiger partial charge in [0, 0.05) is 6.20 Å². The van der Waals surface area contributed by atoms with Crippen molar-refractivity contribution in [1.29, 1.82) is 0 Å². The maximum absolute atomic E-state index is 5.58. The van der Waals surface area contributed by atoms with Crippen molar-refractivity contribution in [3.05, 3.63) is 18.5 Å². The van der Waals surface area contributed by atoms with Crippen LogP contribution in [0.1, 0.15) is 0 Å². The zero-order valence-corrected chi connectivity index (χ0v) is 7.12. The van der Waals surface area contributed by atoms with Crippen LogP contribution in [0.2, 0.25) is 0 Å². The van der Waals surface area contributed by atoms with E-state index in [9.17, 15) is 0 Å². The second-order valence-corrected chi connectivity index (χ2v) is 2.81. The lowest BCUT2D eigenvalue weighted by molar-refractivity contribution is 1.06. The van der Waals surface area contributed by atoms with E-state index in [0.717, 1.165) is 10.9 Å². The highest BCUT2D eigenvalue weighted by Crippen LogP contribution is 2.18. The first kappa shape index (κ1) is 6.60. The summed E-state index contributed by atoms with van der Waals surface area (Å²) < 4.78 is 1.58. The van der Waals surface area contributed by atoms with Crippen LogP contribution in [0.15, 0.2) is 18.5 Å². The fourth-order valence-corrected chi connectivity index (χ4v) is 1.34. The summed E-state index contributed by atoms with van der Waals surface area (Å²) in [7, 11) is 0. The van der Waals surface area contributed by atoms with E-state index in [0.29, 0.717) is 5.82 Å². The molecule has 0 unspecified atom stereocenters. The number of nitrogens with zero attached hydrogens (tertiary/aromatic N) is 3. The lowest BCUT2D eigenvalue weighted by Gasteiger charge is -1.92. The first-order valence-corrected chi connectivity index (χ1v) is 3.74. The van der Waals surface area contributed by atoms with Crippen molar-refractivity contribution >= 4 is 32.9 Å². The molecular weight excluding hydrogens is 208 g/mol. The predicted octanol–water partition coefficient (Wildman–Crippen LogP) is 1.17.